The van der Waals surface area contributed by atoms with Crippen molar-refractivity contribution in [2.45, 2.75) is 46.3 Å². The Balaban J connectivity index is 2.61. The monoisotopic (exact) mass is 239 g/mol. The van der Waals surface area contributed by atoms with E-state index in [-0.39, 0.29) is 18.0 Å². The third kappa shape index (κ3) is 4.00. The fourth-order valence-electron chi connectivity index (χ4n) is 1.55. The fraction of sp³-hybridized carbons (Fsp3) is 0.571. The summed E-state index contributed by atoms with van der Waals surface area (Å²) in [5, 5.41) is 3.34. The Morgan fingerprint density at radius 3 is 2.71 bits per heavy atom. The number of hydrogen-bond donors (Lipinski definition) is 1. The molecule has 2 atom stereocenters. The lowest BCUT2D eigenvalue weighted by Crippen LogP contribution is -2.39. The van der Waals surface area contributed by atoms with Crippen LogP contribution in [0.3, 0.4) is 0 Å². The predicted octanol–water partition coefficient (Wildman–Crippen LogP) is 3.29. The van der Waals surface area contributed by atoms with Crippen molar-refractivity contribution in [2.24, 2.45) is 0 Å². The molecule has 0 radical (unpaired) electrons. The van der Waals surface area contributed by atoms with Gasteiger partial charge in [0.1, 0.15) is 6.10 Å². The maximum Gasteiger partial charge on any atom is 0.167 e. The van der Waals surface area contributed by atoms with Crippen LogP contribution in [0.15, 0.2) is 18.2 Å². The second kappa shape index (κ2) is 6.60. The summed E-state index contributed by atoms with van der Waals surface area (Å²) in [6.45, 7) is 8.81. The van der Waals surface area contributed by atoms with E-state index in [1.807, 2.05) is 19.9 Å². The van der Waals surface area contributed by atoms with Gasteiger partial charge in [-0.2, -0.15) is 0 Å². The first-order chi connectivity index (χ1) is 8.06. The van der Waals surface area contributed by atoms with Crippen LogP contribution in [0.2, 0.25) is 0 Å². The van der Waals surface area contributed by atoms with E-state index in [4.69, 9.17) is 4.74 Å². The lowest BCUT2D eigenvalue weighted by Gasteiger charge is -2.23. The van der Waals surface area contributed by atoms with Crippen molar-refractivity contribution in [2.75, 3.05) is 6.54 Å². The van der Waals surface area contributed by atoms with Gasteiger partial charge in [0.15, 0.2) is 11.6 Å². The summed E-state index contributed by atoms with van der Waals surface area (Å²) in [7, 11) is 0. The Kier molecular flexibility index (Phi) is 5.42. The largest absolute Gasteiger partial charge is 0.486 e. The van der Waals surface area contributed by atoms with Gasteiger partial charge in [0.05, 0.1) is 0 Å². The smallest absolute Gasteiger partial charge is 0.167 e. The number of rotatable bonds is 6. The predicted molar refractivity (Wildman–Crippen MR) is 69.0 cm³/mol. The molecule has 3 heteroatoms. The first-order valence-electron chi connectivity index (χ1n) is 6.21. The minimum absolute atomic E-state index is 0.0575. The van der Waals surface area contributed by atoms with Crippen LogP contribution in [-0.2, 0) is 0 Å². The quantitative estimate of drug-likeness (QED) is 0.822. The molecule has 1 aromatic rings. The minimum Gasteiger partial charge on any atom is -0.486 e. The highest BCUT2D eigenvalue weighted by Gasteiger charge is 2.15. The summed E-state index contributed by atoms with van der Waals surface area (Å²) in [5.41, 5.74) is 0.615. The van der Waals surface area contributed by atoms with Gasteiger partial charge in [0, 0.05) is 6.04 Å². The fourth-order valence-corrected chi connectivity index (χ4v) is 1.55. The lowest BCUT2D eigenvalue weighted by atomic mass is 10.2. The molecule has 1 rings (SSSR count). The second-order valence-corrected chi connectivity index (χ2v) is 4.45. The Morgan fingerprint density at radius 2 is 2.06 bits per heavy atom. The first kappa shape index (κ1) is 14.0. The van der Waals surface area contributed by atoms with E-state index in [9.17, 15) is 4.39 Å². The van der Waals surface area contributed by atoms with E-state index in [2.05, 4.69) is 12.2 Å². The third-order valence-corrected chi connectivity index (χ3v) is 2.89. The molecule has 0 aliphatic heterocycles. The van der Waals surface area contributed by atoms with E-state index in [1.165, 1.54) is 0 Å². The van der Waals surface area contributed by atoms with Crippen molar-refractivity contribution in [1.82, 2.24) is 5.32 Å². The molecule has 0 aliphatic rings. The highest BCUT2D eigenvalue weighted by molar-refractivity contribution is 5.30. The molecule has 0 aliphatic carbocycles. The van der Waals surface area contributed by atoms with E-state index in [1.54, 1.807) is 19.1 Å². The summed E-state index contributed by atoms with van der Waals surface area (Å²) in [6, 6.07) is 5.43. The van der Waals surface area contributed by atoms with Crippen molar-refractivity contribution in [3.8, 4) is 5.75 Å². The average Bonchev–Trinajstić information content (AvgIpc) is 2.31. The topological polar surface area (TPSA) is 21.3 Å². The SMILES string of the molecule is CCCNC(C)C(C)Oc1cccc(C)c1F. The molecule has 0 saturated carbocycles. The first-order valence-corrected chi connectivity index (χ1v) is 6.21. The zero-order chi connectivity index (χ0) is 12.8. The van der Waals surface area contributed by atoms with Crippen LogP contribution < -0.4 is 10.1 Å². The van der Waals surface area contributed by atoms with Crippen LogP contribution in [-0.4, -0.2) is 18.7 Å². The van der Waals surface area contributed by atoms with Gasteiger partial charge in [0.25, 0.3) is 0 Å². The number of hydrogen-bond acceptors (Lipinski definition) is 2. The summed E-state index contributed by atoms with van der Waals surface area (Å²) in [6.07, 6.45) is 1.02. The highest BCUT2D eigenvalue weighted by Crippen LogP contribution is 2.21. The Morgan fingerprint density at radius 1 is 1.35 bits per heavy atom. The molecule has 1 aromatic carbocycles. The van der Waals surface area contributed by atoms with Gasteiger partial charge in [-0.25, -0.2) is 4.39 Å². The number of benzene rings is 1. The number of nitrogens with one attached hydrogen (secondary N) is 1. The van der Waals surface area contributed by atoms with Crippen molar-refractivity contribution in [3.05, 3.63) is 29.6 Å². The molecule has 0 bridgehead atoms. The average molecular weight is 239 g/mol. The number of halogens is 1. The van der Waals surface area contributed by atoms with Crippen LogP contribution in [0.25, 0.3) is 0 Å². The second-order valence-electron chi connectivity index (χ2n) is 4.45. The molecule has 0 spiro atoms. The lowest BCUT2D eigenvalue weighted by molar-refractivity contribution is 0.170. The maximum atomic E-state index is 13.7. The zero-order valence-electron chi connectivity index (χ0n) is 11.1. The number of ether oxygens (including phenoxy) is 1. The van der Waals surface area contributed by atoms with Gasteiger partial charge in [-0.05, 0) is 45.4 Å². The molecule has 0 fully saturated rings. The molecule has 1 N–H and O–H groups in total. The standard InChI is InChI=1S/C14H22FNO/c1-5-9-16-11(3)12(4)17-13-8-6-7-10(2)14(13)15/h6-8,11-12,16H,5,9H2,1-4H3. The zero-order valence-corrected chi connectivity index (χ0v) is 11.1. The van der Waals surface area contributed by atoms with Gasteiger partial charge in [0.2, 0.25) is 0 Å². The van der Waals surface area contributed by atoms with Crippen LogP contribution in [0, 0.1) is 12.7 Å². The molecule has 2 unspecified atom stereocenters. The molecular formula is C14H22FNO. The van der Waals surface area contributed by atoms with Gasteiger partial charge < -0.3 is 10.1 Å². The Hall–Kier alpha value is -1.09. The molecule has 0 amide bonds. The summed E-state index contributed by atoms with van der Waals surface area (Å²) >= 11 is 0. The van der Waals surface area contributed by atoms with Crippen molar-refractivity contribution in [1.29, 1.82) is 0 Å². The van der Waals surface area contributed by atoms with Crippen LogP contribution in [0.1, 0.15) is 32.8 Å². The molecule has 0 heterocycles. The van der Waals surface area contributed by atoms with Crippen molar-refractivity contribution in [3.63, 3.8) is 0 Å². The normalized spacial score (nSPS) is 14.4. The van der Waals surface area contributed by atoms with Crippen LogP contribution in [0.4, 0.5) is 4.39 Å². The van der Waals surface area contributed by atoms with E-state index < -0.39 is 0 Å². The maximum absolute atomic E-state index is 13.7. The molecule has 96 valence electrons. The van der Waals surface area contributed by atoms with Crippen LogP contribution >= 0.6 is 0 Å². The molecule has 0 aromatic heterocycles. The van der Waals surface area contributed by atoms with E-state index >= 15 is 0 Å². The highest BCUT2D eigenvalue weighted by atomic mass is 19.1. The van der Waals surface area contributed by atoms with Gasteiger partial charge in [-0.1, -0.05) is 19.1 Å². The molecule has 0 saturated heterocycles. The summed E-state index contributed by atoms with van der Waals surface area (Å²) in [4.78, 5) is 0. The molecular weight excluding hydrogens is 217 g/mol. The van der Waals surface area contributed by atoms with Crippen LogP contribution in [0.5, 0.6) is 5.75 Å². The molecule has 17 heavy (non-hydrogen) atoms. The van der Waals surface area contributed by atoms with Gasteiger partial charge in [-0.15, -0.1) is 0 Å². The summed E-state index contributed by atoms with van der Waals surface area (Å²) in [5.74, 6) is 0.0738. The van der Waals surface area contributed by atoms with Gasteiger partial charge in [-0.3, -0.25) is 0 Å². The van der Waals surface area contributed by atoms with E-state index in [0.29, 0.717) is 11.3 Å². The van der Waals surface area contributed by atoms with Crippen molar-refractivity contribution < 1.29 is 9.13 Å². The third-order valence-electron chi connectivity index (χ3n) is 2.89. The minimum atomic E-state index is -0.262. The van der Waals surface area contributed by atoms with Gasteiger partial charge >= 0.3 is 0 Å². The molecule has 2 nitrogen and oxygen atoms in total. The Labute approximate surface area is 103 Å². The summed E-state index contributed by atoms with van der Waals surface area (Å²) < 4.78 is 19.4. The Bertz CT molecular complexity index is 354. The number of aryl methyl sites for hydroxylation is 1. The van der Waals surface area contributed by atoms with Crippen molar-refractivity contribution >= 4 is 0 Å². The van der Waals surface area contributed by atoms with E-state index in [0.717, 1.165) is 13.0 Å².